The Morgan fingerprint density at radius 1 is 0.968 bits per heavy atom. The molecule has 4 nitrogen and oxygen atoms in total. The van der Waals surface area contributed by atoms with E-state index in [1.165, 1.54) is 50.2 Å². The van der Waals surface area contributed by atoms with Gasteiger partial charge in [-0.25, -0.2) is 4.79 Å². The van der Waals surface area contributed by atoms with Crippen LogP contribution in [0.25, 0.3) is 0 Å². The molecule has 2 aromatic rings. The highest BCUT2D eigenvalue weighted by molar-refractivity contribution is 5.81. The van der Waals surface area contributed by atoms with Gasteiger partial charge in [0.2, 0.25) is 6.79 Å². The largest absolute Gasteiger partial charge is 0.462 e. The van der Waals surface area contributed by atoms with E-state index in [1.54, 1.807) is 0 Å². The maximum Gasteiger partial charge on any atom is 0.330 e. The second-order valence-electron chi connectivity index (χ2n) is 8.25. The third-order valence-corrected chi connectivity index (χ3v) is 6.07. The minimum Gasteiger partial charge on any atom is -0.462 e. The molecular formula is C27H34O4. The van der Waals surface area contributed by atoms with Crippen LogP contribution in [0.2, 0.25) is 0 Å². The summed E-state index contributed by atoms with van der Waals surface area (Å²) < 4.78 is 16.4. The van der Waals surface area contributed by atoms with Gasteiger partial charge in [0.1, 0.15) is 11.5 Å². The summed E-state index contributed by atoms with van der Waals surface area (Å²) in [6, 6.07) is 16.2. The molecule has 0 unspecified atom stereocenters. The molecule has 2 aromatic carbocycles. The van der Waals surface area contributed by atoms with Crippen LogP contribution in [0.3, 0.4) is 0 Å². The number of carbonyl (C=O) groups is 1. The average molecular weight is 423 g/mol. The van der Waals surface area contributed by atoms with Crippen molar-refractivity contribution in [1.29, 1.82) is 0 Å². The smallest absolute Gasteiger partial charge is 0.330 e. The lowest BCUT2D eigenvalue weighted by atomic mass is 9.77. The molecule has 1 saturated carbocycles. The first-order valence-corrected chi connectivity index (χ1v) is 11.4. The lowest BCUT2D eigenvalue weighted by Crippen LogP contribution is -2.13. The van der Waals surface area contributed by atoms with Crippen molar-refractivity contribution < 1.29 is 19.0 Å². The highest BCUT2D eigenvalue weighted by Gasteiger charge is 2.21. The first-order valence-electron chi connectivity index (χ1n) is 11.4. The van der Waals surface area contributed by atoms with Crippen LogP contribution in [-0.2, 0) is 16.0 Å². The van der Waals surface area contributed by atoms with Crippen LogP contribution in [0.5, 0.6) is 11.5 Å². The van der Waals surface area contributed by atoms with Crippen molar-refractivity contribution in [1.82, 2.24) is 0 Å². The van der Waals surface area contributed by atoms with Crippen LogP contribution < -0.4 is 9.47 Å². The van der Waals surface area contributed by atoms with E-state index in [1.807, 2.05) is 36.4 Å². The molecule has 0 amide bonds. The van der Waals surface area contributed by atoms with Crippen LogP contribution in [-0.4, -0.2) is 19.4 Å². The summed E-state index contributed by atoms with van der Waals surface area (Å²) in [5.41, 5.74) is 2.50. The summed E-state index contributed by atoms with van der Waals surface area (Å²) in [7, 11) is 0. The average Bonchev–Trinajstić information content (AvgIpc) is 2.81. The minimum absolute atomic E-state index is 0.164. The van der Waals surface area contributed by atoms with Gasteiger partial charge in [-0.05, 0) is 72.9 Å². The molecule has 4 heteroatoms. The SMILES string of the molecule is C=CC(=O)OCCc1ccc(OCOc2ccc(C3CCC(CCC)CC3)cc2)cc1. The fourth-order valence-electron chi connectivity index (χ4n) is 4.28. The Hall–Kier alpha value is -2.75. The summed E-state index contributed by atoms with van der Waals surface area (Å²) in [6.45, 7) is 6.17. The van der Waals surface area contributed by atoms with Crippen LogP contribution in [0, 0.1) is 5.92 Å². The molecule has 0 aliphatic heterocycles. The van der Waals surface area contributed by atoms with Crippen molar-refractivity contribution >= 4 is 5.97 Å². The lowest BCUT2D eigenvalue weighted by Gasteiger charge is -2.28. The zero-order valence-corrected chi connectivity index (χ0v) is 18.6. The minimum atomic E-state index is -0.399. The van der Waals surface area contributed by atoms with Crippen LogP contribution in [0.1, 0.15) is 62.5 Å². The second kappa shape index (κ2) is 12.2. The third kappa shape index (κ3) is 7.46. The van der Waals surface area contributed by atoms with E-state index < -0.39 is 5.97 Å². The van der Waals surface area contributed by atoms with Gasteiger partial charge in [0, 0.05) is 12.5 Å². The van der Waals surface area contributed by atoms with E-state index in [-0.39, 0.29) is 6.79 Å². The molecule has 166 valence electrons. The van der Waals surface area contributed by atoms with Crippen molar-refractivity contribution in [2.75, 3.05) is 13.4 Å². The molecule has 0 heterocycles. The maximum atomic E-state index is 11.0. The molecule has 0 N–H and O–H groups in total. The quantitative estimate of drug-likeness (QED) is 0.237. The Balaban J connectivity index is 1.38. The number of esters is 1. The van der Waals surface area contributed by atoms with E-state index in [9.17, 15) is 4.79 Å². The Labute approximate surface area is 186 Å². The Bertz CT molecular complexity index is 802. The van der Waals surface area contributed by atoms with Crippen molar-refractivity contribution in [3.63, 3.8) is 0 Å². The molecule has 3 rings (SSSR count). The first-order chi connectivity index (χ1) is 15.2. The van der Waals surface area contributed by atoms with Gasteiger partial charge in [-0.1, -0.05) is 50.6 Å². The van der Waals surface area contributed by atoms with Gasteiger partial charge in [0.15, 0.2) is 0 Å². The number of hydrogen-bond donors (Lipinski definition) is 0. The summed E-state index contributed by atoms with van der Waals surface area (Å²) in [5, 5.41) is 0. The van der Waals surface area contributed by atoms with E-state index in [4.69, 9.17) is 14.2 Å². The summed E-state index contributed by atoms with van der Waals surface area (Å²) in [5.74, 6) is 2.79. The third-order valence-electron chi connectivity index (χ3n) is 6.07. The molecule has 0 aromatic heterocycles. The van der Waals surface area contributed by atoms with E-state index >= 15 is 0 Å². The van der Waals surface area contributed by atoms with Gasteiger partial charge < -0.3 is 14.2 Å². The number of hydrogen-bond acceptors (Lipinski definition) is 4. The topological polar surface area (TPSA) is 44.8 Å². The zero-order chi connectivity index (χ0) is 21.9. The van der Waals surface area contributed by atoms with Gasteiger partial charge >= 0.3 is 5.97 Å². The molecule has 0 saturated heterocycles. The highest BCUT2D eigenvalue weighted by atomic mass is 16.7. The number of rotatable bonds is 11. The Morgan fingerprint density at radius 2 is 1.58 bits per heavy atom. The Morgan fingerprint density at radius 3 is 2.16 bits per heavy atom. The van der Waals surface area contributed by atoms with Crippen molar-refractivity contribution in [3.8, 4) is 11.5 Å². The van der Waals surface area contributed by atoms with Crippen molar-refractivity contribution in [2.24, 2.45) is 5.92 Å². The fourth-order valence-corrected chi connectivity index (χ4v) is 4.28. The molecule has 0 atom stereocenters. The molecule has 1 aliphatic rings. The van der Waals surface area contributed by atoms with Crippen LogP contribution in [0.4, 0.5) is 0 Å². The molecule has 1 aliphatic carbocycles. The van der Waals surface area contributed by atoms with E-state index in [0.29, 0.717) is 18.9 Å². The Kier molecular flexibility index (Phi) is 9.01. The van der Waals surface area contributed by atoms with Crippen LogP contribution in [0.15, 0.2) is 61.2 Å². The van der Waals surface area contributed by atoms with Crippen molar-refractivity contribution in [3.05, 3.63) is 72.3 Å². The van der Waals surface area contributed by atoms with E-state index in [0.717, 1.165) is 23.0 Å². The second-order valence-corrected chi connectivity index (χ2v) is 8.25. The number of ether oxygens (including phenoxy) is 3. The first kappa shape index (κ1) is 22.9. The van der Waals surface area contributed by atoms with Gasteiger partial charge in [-0.3, -0.25) is 0 Å². The van der Waals surface area contributed by atoms with Crippen molar-refractivity contribution in [2.45, 2.75) is 57.8 Å². The molecular weight excluding hydrogens is 388 g/mol. The van der Waals surface area contributed by atoms with Gasteiger partial charge in [0.25, 0.3) is 0 Å². The monoisotopic (exact) mass is 422 g/mol. The normalized spacial score (nSPS) is 18.2. The van der Waals surface area contributed by atoms with E-state index in [2.05, 4.69) is 25.6 Å². The molecule has 1 fully saturated rings. The number of benzene rings is 2. The zero-order valence-electron chi connectivity index (χ0n) is 18.6. The molecule has 0 bridgehead atoms. The lowest BCUT2D eigenvalue weighted by molar-refractivity contribution is -0.137. The maximum absolute atomic E-state index is 11.0. The van der Waals surface area contributed by atoms with Crippen LogP contribution >= 0.6 is 0 Å². The molecule has 0 radical (unpaired) electrons. The summed E-state index contributed by atoms with van der Waals surface area (Å²) >= 11 is 0. The summed E-state index contributed by atoms with van der Waals surface area (Å²) in [6.07, 6.45) is 9.86. The van der Waals surface area contributed by atoms with Gasteiger partial charge in [0.05, 0.1) is 6.61 Å². The summed E-state index contributed by atoms with van der Waals surface area (Å²) in [4.78, 5) is 11.0. The van der Waals surface area contributed by atoms with Gasteiger partial charge in [-0.15, -0.1) is 0 Å². The predicted molar refractivity (Wildman–Crippen MR) is 123 cm³/mol. The molecule has 0 spiro atoms. The highest BCUT2D eigenvalue weighted by Crippen LogP contribution is 2.37. The fraction of sp³-hybridized carbons (Fsp3) is 0.444. The number of carbonyl (C=O) groups excluding carboxylic acids is 1. The predicted octanol–water partition coefficient (Wildman–Crippen LogP) is 6.45. The molecule has 31 heavy (non-hydrogen) atoms. The van der Waals surface area contributed by atoms with Gasteiger partial charge in [-0.2, -0.15) is 0 Å². The standard InChI is InChI=1S/C27H34O4/c1-3-5-21-6-10-23(11-7-21)24-12-16-26(17-13-24)31-20-30-25-14-8-22(9-15-25)18-19-29-27(28)4-2/h4,8-9,12-17,21,23H,2-3,5-7,10-11,18-20H2,1H3.